The van der Waals surface area contributed by atoms with Crippen LogP contribution in [-0.4, -0.2) is 36.4 Å². The number of aliphatic carboxylic acids is 1. The summed E-state index contributed by atoms with van der Waals surface area (Å²) >= 11 is 0. The lowest BCUT2D eigenvalue weighted by Gasteiger charge is -2.21. The number of fused-ring (bicyclic) bond motifs is 3. The SMILES string of the molecule is CC(C)Oc1cc(S(C)(=O)=O)c2c(c1)cc1n2C(C(C)C(=O)O)CC1. The van der Waals surface area contributed by atoms with E-state index in [1.807, 2.05) is 30.5 Å². The van der Waals surface area contributed by atoms with Gasteiger partial charge >= 0.3 is 5.97 Å². The molecule has 2 unspecified atom stereocenters. The highest BCUT2D eigenvalue weighted by Crippen LogP contribution is 2.41. The number of aromatic nitrogens is 1. The van der Waals surface area contributed by atoms with Crippen LogP contribution in [0.5, 0.6) is 5.75 Å². The Balaban J connectivity index is 2.28. The number of nitrogens with zero attached hydrogens (tertiary/aromatic N) is 1. The second kappa shape index (κ2) is 6.05. The lowest BCUT2D eigenvalue weighted by molar-refractivity contribution is -0.142. The summed E-state index contributed by atoms with van der Waals surface area (Å²) in [5.41, 5.74) is 1.56. The van der Waals surface area contributed by atoms with E-state index in [0.29, 0.717) is 17.7 Å². The molecule has 1 aromatic heterocycles. The molecule has 0 amide bonds. The minimum absolute atomic E-state index is 0.0703. The number of rotatable bonds is 5. The van der Waals surface area contributed by atoms with Crippen molar-refractivity contribution < 1.29 is 23.1 Å². The first-order valence-corrected chi connectivity index (χ1v) is 10.3. The van der Waals surface area contributed by atoms with Gasteiger partial charge in [-0.1, -0.05) is 0 Å². The minimum atomic E-state index is -3.50. The van der Waals surface area contributed by atoms with Crippen molar-refractivity contribution >= 4 is 26.7 Å². The van der Waals surface area contributed by atoms with Crippen LogP contribution in [0.4, 0.5) is 0 Å². The van der Waals surface area contributed by atoms with E-state index >= 15 is 0 Å². The van der Waals surface area contributed by atoms with Gasteiger partial charge in [-0.05, 0) is 45.7 Å². The summed E-state index contributed by atoms with van der Waals surface area (Å²) in [7, 11) is -3.50. The number of hydrogen-bond acceptors (Lipinski definition) is 4. The van der Waals surface area contributed by atoms with Crippen molar-refractivity contribution in [1.82, 2.24) is 4.57 Å². The second-order valence-corrected chi connectivity index (χ2v) is 9.02. The molecule has 1 N–H and O–H groups in total. The predicted molar refractivity (Wildman–Crippen MR) is 95.0 cm³/mol. The van der Waals surface area contributed by atoms with E-state index in [-0.39, 0.29) is 17.0 Å². The molecule has 6 nitrogen and oxygen atoms in total. The average molecular weight is 365 g/mol. The molecule has 0 radical (unpaired) electrons. The van der Waals surface area contributed by atoms with Crippen LogP contribution in [0.15, 0.2) is 23.1 Å². The largest absolute Gasteiger partial charge is 0.491 e. The highest BCUT2D eigenvalue weighted by molar-refractivity contribution is 7.91. The summed E-state index contributed by atoms with van der Waals surface area (Å²) in [6, 6.07) is 5.08. The van der Waals surface area contributed by atoms with Gasteiger partial charge in [-0.2, -0.15) is 0 Å². The van der Waals surface area contributed by atoms with Crippen molar-refractivity contribution in [2.45, 2.75) is 50.7 Å². The third-order valence-corrected chi connectivity index (χ3v) is 5.83. The lowest BCUT2D eigenvalue weighted by Crippen LogP contribution is -2.22. The summed E-state index contributed by atoms with van der Waals surface area (Å²) < 4.78 is 32.4. The lowest BCUT2D eigenvalue weighted by atomic mass is 9.99. The van der Waals surface area contributed by atoms with Crippen molar-refractivity contribution in [2.75, 3.05) is 6.26 Å². The Morgan fingerprint density at radius 3 is 2.52 bits per heavy atom. The maximum atomic E-state index is 12.4. The van der Waals surface area contributed by atoms with E-state index in [4.69, 9.17) is 4.74 Å². The van der Waals surface area contributed by atoms with Crippen LogP contribution >= 0.6 is 0 Å². The molecule has 0 spiro atoms. The molecule has 7 heteroatoms. The first-order chi connectivity index (χ1) is 11.6. The highest BCUT2D eigenvalue weighted by Gasteiger charge is 2.34. The van der Waals surface area contributed by atoms with Gasteiger partial charge in [0.1, 0.15) is 5.75 Å². The number of carbonyl (C=O) groups is 1. The molecule has 2 heterocycles. The summed E-state index contributed by atoms with van der Waals surface area (Å²) in [6.45, 7) is 5.44. The summed E-state index contributed by atoms with van der Waals surface area (Å²) in [4.78, 5) is 11.7. The minimum Gasteiger partial charge on any atom is -0.491 e. The Morgan fingerprint density at radius 2 is 1.96 bits per heavy atom. The smallest absolute Gasteiger partial charge is 0.308 e. The molecule has 1 aromatic carbocycles. The molecule has 1 aliphatic rings. The molecular formula is C18H23NO5S. The normalized spacial score (nSPS) is 18.5. The Bertz CT molecular complexity index is 942. The summed E-state index contributed by atoms with van der Waals surface area (Å²) in [5, 5.41) is 10.2. The van der Waals surface area contributed by atoms with Gasteiger partial charge in [-0.25, -0.2) is 8.42 Å². The molecule has 0 fully saturated rings. The topological polar surface area (TPSA) is 85.6 Å². The third-order valence-electron chi connectivity index (χ3n) is 4.72. The molecule has 2 aromatic rings. The van der Waals surface area contributed by atoms with E-state index < -0.39 is 21.7 Å². The van der Waals surface area contributed by atoms with Crippen molar-refractivity contribution in [3.05, 3.63) is 23.9 Å². The number of carboxylic acid groups (broad SMARTS) is 1. The van der Waals surface area contributed by atoms with Crippen molar-refractivity contribution in [1.29, 1.82) is 0 Å². The van der Waals surface area contributed by atoms with Crippen molar-refractivity contribution in [3.63, 3.8) is 0 Å². The molecule has 0 saturated heterocycles. The molecule has 0 bridgehead atoms. The highest BCUT2D eigenvalue weighted by atomic mass is 32.2. The van der Waals surface area contributed by atoms with Crippen molar-refractivity contribution in [3.8, 4) is 5.75 Å². The molecule has 25 heavy (non-hydrogen) atoms. The van der Waals surface area contributed by atoms with Crippen LogP contribution in [0.2, 0.25) is 0 Å². The predicted octanol–water partition coefficient (Wildman–Crippen LogP) is 3.04. The Labute approximate surface area is 147 Å². The second-order valence-electron chi connectivity index (χ2n) is 7.04. The van der Waals surface area contributed by atoms with Crippen LogP contribution < -0.4 is 4.74 Å². The molecule has 136 valence electrons. The van der Waals surface area contributed by atoms with Crippen LogP contribution in [0.3, 0.4) is 0 Å². The zero-order valence-electron chi connectivity index (χ0n) is 14.8. The number of carboxylic acids is 1. The third kappa shape index (κ3) is 3.13. The zero-order chi connectivity index (χ0) is 18.5. The van der Waals surface area contributed by atoms with Gasteiger partial charge in [-0.3, -0.25) is 4.79 Å². The maximum Gasteiger partial charge on any atom is 0.308 e. The quantitative estimate of drug-likeness (QED) is 0.880. The number of aryl methyl sites for hydroxylation is 1. The number of ether oxygens (including phenoxy) is 1. The molecular weight excluding hydrogens is 342 g/mol. The molecule has 0 saturated carbocycles. The van der Waals surface area contributed by atoms with E-state index in [9.17, 15) is 18.3 Å². The number of sulfone groups is 1. The van der Waals surface area contributed by atoms with Gasteiger partial charge in [0.25, 0.3) is 0 Å². The maximum absolute atomic E-state index is 12.4. The number of benzene rings is 1. The Morgan fingerprint density at radius 1 is 1.28 bits per heavy atom. The zero-order valence-corrected chi connectivity index (χ0v) is 15.6. The van der Waals surface area contributed by atoms with E-state index in [1.54, 1.807) is 13.0 Å². The van der Waals surface area contributed by atoms with Gasteiger partial charge < -0.3 is 14.4 Å². The van der Waals surface area contributed by atoms with E-state index in [2.05, 4.69) is 0 Å². The van der Waals surface area contributed by atoms with Gasteiger partial charge in [0, 0.05) is 29.4 Å². The first kappa shape index (κ1) is 17.8. The monoisotopic (exact) mass is 365 g/mol. The standard InChI is InChI=1S/C18H23NO5S/c1-10(2)24-14-8-12-7-13-5-6-15(11(3)18(20)21)19(13)17(12)16(9-14)25(4,22)23/h7-11,15H,5-6H2,1-4H3,(H,20,21). The summed E-state index contributed by atoms with van der Waals surface area (Å²) in [6.07, 6.45) is 2.54. The van der Waals surface area contributed by atoms with Gasteiger partial charge in [0.2, 0.25) is 0 Å². The Hall–Kier alpha value is -2.02. The van der Waals surface area contributed by atoms with Gasteiger partial charge in [0.15, 0.2) is 9.84 Å². The fourth-order valence-electron chi connectivity index (χ4n) is 3.62. The first-order valence-electron chi connectivity index (χ1n) is 8.37. The van der Waals surface area contributed by atoms with Gasteiger partial charge in [0.05, 0.1) is 22.4 Å². The summed E-state index contributed by atoms with van der Waals surface area (Å²) in [5.74, 6) is -0.953. The van der Waals surface area contributed by atoms with Crippen LogP contribution in [0.25, 0.3) is 10.9 Å². The molecule has 1 aliphatic heterocycles. The van der Waals surface area contributed by atoms with Crippen LogP contribution in [0.1, 0.15) is 38.9 Å². The van der Waals surface area contributed by atoms with E-state index in [0.717, 1.165) is 17.5 Å². The van der Waals surface area contributed by atoms with E-state index in [1.165, 1.54) is 6.26 Å². The fraction of sp³-hybridized carbons (Fsp3) is 0.500. The van der Waals surface area contributed by atoms with Crippen LogP contribution in [0, 0.1) is 5.92 Å². The molecule has 0 aliphatic carbocycles. The fourth-order valence-corrected chi connectivity index (χ4v) is 4.52. The number of hydrogen-bond donors (Lipinski definition) is 1. The van der Waals surface area contributed by atoms with Crippen LogP contribution in [-0.2, 0) is 21.1 Å². The van der Waals surface area contributed by atoms with Crippen molar-refractivity contribution in [2.24, 2.45) is 5.92 Å². The molecule has 3 rings (SSSR count). The average Bonchev–Trinajstić information content (AvgIpc) is 3.02. The Kier molecular flexibility index (Phi) is 4.31. The van der Waals surface area contributed by atoms with Gasteiger partial charge in [-0.15, -0.1) is 0 Å². The molecule has 2 atom stereocenters.